The fraction of sp³-hybridized carbons (Fsp3) is 0.526. The van der Waals surface area contributed by atoms with E-state index in [2.05, 4.69) is 59.5 Å². The van der Waals surface area contributed by atoms with Gasteiger partial charge in [-0.2, -0.15) is 5.10 Å². The summed E-state index contributed by atoms with van der Waals surface area (Å²) in [6.07, 6.45) is 8.01. The first kappa shape index (κ1) is 16.2. The van der Waals surface area contributed by atoms with E-state index in [4.69, 9.17) is 0 Å². The molecule has 1 aromatic carbocycles. The summed E-state index contributed by atoms with van der Waals surface area (Å²) in [6, 6.07) is 9.76. The van der Waals surface area contributed by atoms with Gasteiger partial charge >= 0.3 is 0 Å². The molecule has 4 nitrogen and oxygen atoms in total. The summed E-state index contributed by atoms with van der Waals surface area (Å²) in [6.45, 7) is 3.18. The van der Waals surface area contributed by atoms with E-state index in [0.29, 0.717) is 6.04 Å². The Bertz CT molecular complexity index is 615. The minimum atomic E-state index is 0.539. The Hall–Kier alpha value is -1.65. The first-order valence-corrected chi connectivity index (χ1v) is 8.57. The molecule has 1 saturated heterocycles. The Balaban J connectivity index is 1.72. The molecule has 0 aliphatic carbocycles. The van der Waals surface area contributed by atoms with E-state index >= 15 is 0 Å². The number of nitrogens with zero attached hydrogens (tertiary/aromatic N) is 4. The third-order valence-electron chi connectivity index (χ3n) is 4.62. The van der Waals surface area contributed by atoms with E-state index in [-0.39, 0.29) is 0 Å². The third kappa shape index (κ3) is 4.21. The number of likely N-dealkylation sites (tertiary alicyclic amines) is 1. The minimum Gasteiger partial charge on any atom is -0.305 e. The van der Waals surface area contributed by atoms with Crippen LogP contribution >= 0.6 is 0 Å². The summed E-state index contributed by atoms with van der Waals surface area (Å²) in [5.74, 6) is 0. The van der Waals surface area contributed by atoms with Gasteiger partial charge in [0.05, 0.1) is 6.20 Å². The van der Waals surface area contributed by atoms with Crippen LogP contribution in [0.15, 0.2) is 36.7 Å². The first-order valence-electron chi connectivity index (χ1n) is 8.57. The lowest BCUT2D eigenvalue weighted by Gasteiger charge is -2.36. The zero-order chi connectivity index (χ0) is 16.2. The van der Waals surface area contributed by atoms with Gasteiger partial charge in [0.2, 0.25) is 0 Å². The molecule has 0 N–H and O–H groups in total. The topological polar surface area (TPSA) is 24.3 Å². The number of aromatic nitrogens is 2. The maximum absolute atomic E-state index is 4.30. The molecule has 1 fully saturated rings. The number of hydrogen-bond donors (Lipinski definition) is 0. The van der Waals surface area contributed by atoms with Crippen molar-refractivity contribution in [2.75, 3.05) is 20.6 Å². The molecule has 124 valence electrons. The van der Waals surface area contributed by atoms with Crippen molar-refractivity contribution in [3.63, 3.8) is 0 Å². The van der Waals surface area contributed by atoms with Crippen LogP contribution < -0.4 is 0 Å². The first-order chi connectivity index (χ1) is 11.1. The van der Waals surface area contributed by atoms with E-state index < -0.39 is 0 Å². The molecule has 1 aromatic heterocycles. The summed E-state index contributed by atoms with van der Waals surface area (Å²) < 4.78 is 1.89. The van der Waals surface area contributed by atoms with E-state index in [1.807, 2.05) is 17.9 Å². The summed E-state index contributed by atoms with van der Waals surface area (Å²) >= 11 is 0. The van der Waals surface area contributed by atoms with Crippen molar-refractivity contribution in [3.05, 3.63) is 53.3 Å². The molecular weight excluding hydrogens is 284 g/mol. The van der Waals surface area contributed by atoms with Gasteiger partial charge in [0.25, 0.3) is 0 Å². The minimum absolute atomic E-state index is 0.539. The van der Waals surface area contributed by atoms with Crippen LogP contribution in [0, 0.1) is 0 Å². The van der Waals surface area contributed by atoms with E-state index in [9.17, 15) is 0 Å². The number of piperidine rings is 1. The van der Waals surface area contributed by atoms with Gasteiger partial charge < -0.3 is 4.90 Å². The lowest BCUT2D eigenvalue weighted by molar-refractivity contribution is 0.140. The van der Waals surface area contributed by atoms with Gasteiger partial charge in [-0.1, -0.05) is 30.7 Å². The van der Waals surface area contributed by atoms with Gasteiger partial charge in [-0.15, -0.1) is 0 Å². The number of rotatable bonds is 5. The Morgan fingerprint density at radius 3 is 2.57 bits per heavy atom. The largest absolute Gasteiger partial charge is 0.305 e. The molecule has 23 heavy (non-hydrogen) atoms. The van der Waals surface area contributed by atoms with Crippen LogP contribution in [0.4, 0.5) is 0 Å². The lowest BCUT2D eigenvalue weighted by Crippen LogP contribution is -2.32. The molecule has 0 unspecified atom stereocenters. The average Bonchev–Trinajstić information content (AvgIpc) is 2.93. The molecule has 0 radical (unpaired) electrons. The van der Waals surface area contributed by atoms with Crippen LogP contribution in [0.3, 0.4) is 0 Å². The van der Waals surface area contributed by atoms with Crippen molar-refractivity contribution in [3.8, 4) is 0 Å². The van der Waals surface area contributed by atoms with Gasteiger partial charge in [-0.05, 0) is 44.6 Å². The number of aryl methyl sites for hydroxylation is 1. The molecule has 1 aliphatic rings. The molecule has 1 atom stereocenters. The van der Waals surface area contributed by atoms with Gasteiger partial charge in [-0.3, -0.25) is 9.58 Å². The van der Waals surface area contributed by atoms with Crippen molar-refractivity contribution in [1.29, 1.82) is 0 Å². The second kappa shape index (κ2) is 7.28. The highest BCUT2D eigenvalue weighted by Gasteiger charge is 2.24. The maximum atomic E-state index is 4.30. The molecular formula is C19H28N4. The molecule has 3 rings (SSSR count). The van der Waals surface area contributed by atoms with Crippen molar-refractivity contribution in [2.45, 2.75) is 38.4 Å². The predicted octanol–water partition coefficient (Wildman–Crippen LogP) is 3.21. The highest BCUT2D eigenvalue weighted by molar-refractivity contribution is 5.25. The fourth-order valence-corrected chi connectivity index (χ4v) is 3.56. The van der Waals surface area contributed by atoms with Gasteiger partial charge in [-0.25, -0.2) is 0 Å². The second-order valence-corrected chi connectivity index (χ2v) is 6.98. The van der Waals surface area contributed by atoms with E-state index in [0.717, 1.165) is 13.1 Å². The highest BCUT2D eigenvalue weighted by Crippen LogP contribution is 2.32. The summed E-state index contributed by atoms with van der Waals surface area (Å²) in [5, 5.41) is 4.30. The van der Waals surface area contributed by atoms with Crippen LogP contribution in [0.2, 0.25) is 0 Å². The number of hydrogen-bond acceptors (Lipinski definition) is 3. The number of benzene rings is 1. The lowest BCUT2D eigenvalue weighted by atomic mass is 9.94. The summed E-state index contributed by atoms with van der Waals surface area (Å²) in [7, 11) is 6.22. The molecule has 2 heterocycles. The molecule has 0 amide bonds. The van der Waals surface area contributed by atoms with Crippen molar-refractivity contribution < 1.29 is 0 Å². The van der Waals surface area contributed by atoms with E-state index in [1.165, 1.54) is 42.5 Å². The smallest absolute Gasteiger partial charge is 0.0534 e. The molecule has 0 saturated carbocycles. The van der Waals surface area contributed by atoms with Crippen molar-refractivity contribution >= 4 is 0 Å². The normalized spacial score (nSPS) is 19.4. The van der Waals surface area contributed by atoms with Crippen LogP contribution in [0.25, 0.3) is 0 Å². The third-order valence-corrected chi connectivity index (χ3v) is 4.62. The summed E-state index contributed by atoms with van der Waals surface area (Å²) in [4.78, 5) is 4.83. The molecule has 2 aromatic rings. The quantitative estimate of drug-likeness (QED) is 0.847. The monoisotopic (exact) mass is 312 g/mol. The average molecular weight is 312 g/mol. The van der Waals surface area contributed by atoms with Crippen molar-refractivity contribution in [2.24, 2.45) is 7.05 Å². The van der Waals surface area contributed by atoms with Crippen LogP contribution in [-0.2, 0) is 20.1 Å². The van der Waals surface area contributed by atoms with Gasteiger partial charge in [0.1, 0.15) is 0 Å². The predicted molar refractivity (Wildman–Crippen MR) is 94.0 cm³/mol. The maximum Gasteiger partial charge on any atom is 0.0534 e. The van der Waals surface area contributed by atoms with Gasteiger partial charge in [0.15, 0.2) is 0 Å². The fourth-order valence-electron chi connectivity index (χ4n) is 3.56. The van der Waals surface area contributed by atoms with Gasteiger partial charge in [0, 0.05) is 37.9 Å². The molecule has 1 aliphatic heterocycles. The summed E-state index contributed by atoms with van der Waals surface area (Å²) in [5.41, 5.74) is 4.15. The Kier molecular flexibility index (Phi) is 5.13. The van der Waals surface area contributed by atoms with Crippen molar-refractivity contribution in [1.82, 2.24) is 19.6 Å². The zero-order valence-corrected chi connectivity index (χ0v) is 14.6. The zero-order valence-electron chi connectivity index (χ0n) is 14.6. The Labute approximate surface area is 139 Å². The highest BCUT2D eigenvalue weighted by atomic mass is 15.2. The molecule has 4 heteroatoms. The second-order valence-electron chi connectivity index (χ2n) is 6.98. The standard InChI is InChI=1S/C19H28N4/c1-21(2)13-16-7-9-18(10-8-16)19-6-4-5-11-23(19)15-17-12-20-22(3)14-17/h7-10,12,14,19H,4-6,11,13,15H2,1-3H3/t19-/m0/s1. The van der Waals surface area contributed by atoms with Crippen LogP contribution in [0.5, 0.6) is 0 Å². The molecule has 0 bridgehead atoms. The SMILES string of the molecule is CN(C)Cc1ccc([C@@H]2CCCCN2Cc2cnn(C)c2)cc1. The molecule has 0 spiro atoms. The van der Waals surface area contributed by atoms with Crippen LogP contribution in [-0.4, -0.2) is 40.2 Å². The Morgan fingerprint density at radius 1 is 1.13 bits per heavy atom. The van der Waals surface area contributed by atoms with Crippen LogP contribution in [0.1, 0.15) is 42.0 Å². The van der Waals surface area contributed by atoms with E-state index in [1.54, 1.807) is 0 Å². The Morgan fingerprint density at radius 2 is 1.91 bits per heavy atom.